The molecule has 1 aromatic heterocycles. The normalized spacial score (nSPS) is 13.8. The molecule has 0 radical (unpaired) electrons. The number of hydrogen-bond donors (Lipinski definition) is 0. The standard InChI is InChI=1S/C5H2N4O/c10-5-3-1-6-7-2-4(3)8-9-5/h1-2H. The van der Waals surface area contributed by atoms with E-state index in [1.807, 2.05) is 0 Å². The van der Waals surface area contributed by atoms with Crippen LogP contribution in [0, 0.1) is 0 Å². The maximum absolute atomic E-state index is 10.7. The largest absolute Gasteiger partial charge is 0.299 e. The van der Waals surface area contributed by atoms with E-state index in [1.165, 1.54) is 12.4 Å². The maximum atomic E-state index is 10.7. The number of amides is 1. The Morgan fingerprint density at radius 1 is 1.10 bits per heavy atom. The van der Waals surface area contributed by atoms with E-state index < -0.39 is 0 Å². The summed E-state index contributed by atoms with van der Waals surface area (Å²) in [5, 5.41) is 13.9. The number of fused-ring (bicyclic) bond motifs is 1. The van der Waals surface area contributed by atoms with Crippen LogP contribution in [-0.2, 0) is 0 Å². The number of carbonyl (C=O) groups is 1. The molecular formula is C5H2N4O. The molecule has 0 aliphatic carbocycles. The van der Waals surface area contributed by atoms with Gasteiger partial charge >= 0.3 is 0 Å². The topological polar surface area (TPSA) is 67.6 Å². The summed E-state index contributed by atoms with van der Waals surface area (Å²) < 4.78 is 0. The average Bonchev–Trinajstić information content (AvgIpc) is 2.34. The zero-order valence-corrected chi connectivity index (χ0v) is 4.85. The first-order chi connectivity index (χ1) is 4.88. The Hall–Kier alpha value is -1.65. The lowest BCUT2D eigenvalue weighted by Crippen LogP contribution is -1.90. The highest BCUT2D eigenvalue weighted by Crippen LogP contribution is 2.23. The van der Waals surface area contributed by atoms with Gasteiger partial charge in [0.25, 0.3) is 5.91 Å². The van der Waals surface area contributed by atoms with E-state index in [2.05, 4.69) is 20.4 Å². The maximum Gasteiger partial charge on any atom is 0.299 e. The highest BCUT2D eigenvalue weighted by Gasteiger charge is 2.16. The second-order valence-electron chi connectivity index (χ2n) is 1.79. The first-order valence-corrected chi connectivity index (χ1v) is 2.65. The second kappa shape index (κ2) is 1.66. The van der Waals surface area contributed by atoms with E-state index in [1.54, 1.807) is 0 Å². The highest BCUT2D eigenvalue weighted by molar-refractivity contribution is 6.01. The molecule has 0 N–H and O–H groups in total. The van der Waals surface area contributed by atoms with Crippen LogP contribution in [0.4, 0.5) is 5.69 Å². The molecule has 2 rings (SSSR count). The summed E-state index contributed by atoms with van der Waals surface area (Å²) in [4.78, 5) is 10.7. The number of rotatable bonds is 0. The first kappa shape index (κ1) is 5.16. The average molecular weight is 134 g/mol. The molecule has 1 amide bonds. The van der Waals surface area contributed by atoms with E-state index in [-0.39, 0.29) is 5.91 Å². The van der Waals surface area contributed by atoms with E-state index in [0.717, 1.165) is 0 Å². The number of azo groups is 1. The molecule has 0 bridgehead atoms. The number of nitrogens with zero attached hydrogens (tertiary/aromatic N) is 4. The second-order valence-corrected chi connectivity index (χ2v) is 1.79. The van der Waals surface area contributed by atoms with Crippen LogP contribution in [0.3, 0.4) is 0 Å². The molecule has 0 spiro atoms. The van der Waals surface area contributed by atoms with Crippen molar-refractivity contribution in [1.29, 1.82) is 0 Å². The Balaban J connectivity index is 2.70. The van der Waals surface area contributed by atoms with E-state index >= 15 is 0 Å². The van der Waals surface area contributed by atoms with Crippen LogP contribution in [0.2, 0.25) is 0 Å². The summed E-state index contributed by atoms with van der Waals surface area (Å²) in [7, 11) is 0. The predicted octanol–water partition coefficient (Wildman–Crippen LogP) is 0.714. The van der Waals surface area contributed by atoms with Crippen molar-refractivity contribution in [2.75, 3.05) is 0 Å². The fourth-order valence-corrected chi connectivity index (χ4v) is 0.712. The van der Waals surface area contributed by atoms with E-state index in [0.29, 0.717) is 11.3 Å². The molecule has 0 saturated carbocycles. The van der Waals surface area contributed by atoms with Crippen molar-refractivity contribution in [3.63, 3.8) is 0 Å². The molecule has 0 saturated heterocycles. The van der Waals surface area contributed by atoms with Gasteiger partial charge in [0.05, 0.1) is 18.0 Å². The molecule has 5 nitrogen and oxygen atoms in total. The van der Waals surface area contributed by atoms with Crippen molar-refractivity contribution in [1.82, 2.24) is 10.2 Å². The molecule has 0 aromatic carbocycles. The van der Waals surface area contributed by atoms with Gasteiger partial charge in [0.15, 0.2) is 0 Å². The highest BCUT2D eigenvalue weighted by atomic mass is 16.2. The van der Waals surface area contributed by atoms with Crippen LogP contribution in [0.5, 0.6) is 0 Å². The molecule has 48 valence electrons. The van der Waals surface area contributed by atoms with Gasteiger partial charge in [-0.1, -0.05) is 0 Å². The lowest BCUT2D eigenvalue weighted by molar-refractivity contribution is 0.100. The Kier molecular flexibility index (Phi) is 0.858. The number of carbonyl (C=O) groups excluding carboxylic acids is 1. The van der Waals surface area contributed by atoms with Gasteiger partial charge in [-0.2, -0.15) is 10.2 Å². The van der Waals surface area contributed by atoms with Crippen molar-refractivity contribution in [2.24, 2.45) is 10.2 Å². The van der Waals surface area contributed by atoms with Crippen LogP contribution >= 0.6 is 0 Å². The molecule has 0 atom stereocenters. The van der Waals surface area contributed by atoms with Crippen LogP contribution in [0.15, 0.2) is 22.6 Å². The summed E-state index contributed by atoms with van der Waals surface area (Å²) in [6.07, 6.45) is 2.77. The molecule has 1 aliphatic rings. The van der Waals surface area contributed by atoms with Crippen LogP contribution in [-0.4, -0.2) is 16.1 Å². The zero-order valence-electron chi connectivity index (χ0n) is 4.85. The Morgan fingerprint density at radius 3 is 2.70 bits per heavy atom. The van der Waals surface area contributed by atoms with Crippen LogP contribution in [0.1, 0.15) is 10.4 Å². The Bertz CT molecular complexity index is 319. The van der Waals surface area contributed by atoms with Gasteiger partial charge in [-0.05, 0) is 0 Å². The predicted molar refractivity (Wildman–Crippen MR) is 30.9 cm³/mol. The Labute approximate surface area is 55.8 Å². The fraction of sp³-hybridized carbons (Fsp3) is 0. The van der Waals surface area contributed by atoms with Crippen molar-refractivity contribution >= 4 is 11.6 Å². The zero-order chi connectivity index (χ0) is 6.97. The minimum Gasteiger partial charge on any atom is -0.265 e. The van der Waals surface area contributed by atoms with Crippen molar-refractivity contribution in [3.05, 3.63) is 18.0 Å². The third kappa shape index (κ3) is 0.540. The van der Waals surface area contributed by atoms with Gasteiger partial charge in [-0.15, -0.1) is 10.2 Å². The fourth-order valence-electron chi connectivity index (χ4n) is 0.712. The van der Waals surface area contributed by atoms with Crippen molar-refractivity contribution in [2.45, 2.75) is 0 Å². The summed E-state index contributed by atoms with van der Waals surface area (Å²) in [6, 6.07) is 0. The van der Waals surface area contributed by atoms with E-state index in [9.17, 15) is 4.79 Å². The van der Waals surface area contributed by atoms with Crippen LogP contribution < -0.4 is 0 Å². The summed E-state index contributed by atoms with van der Waals surface area (Å²) in [6.45, 7) is 0. The first-order valence-electron chi connectivity index (χ1n) is 2.65. The van der Waals surface area contributed by atoms with Crippen molar-refractivity contribution < 1.29 is 4.79 Å². The summed E-state index contributed by atoms with van der Waals surface area (Å²) in [5.74, 6) is -0.343. The SMILES string of the molecule is O=C1N=Nc2cnncc21. The molecule has 2 heterocycles. The van der Waals surface area contributed by atoms with Crippen molar-refractivity contribution in [3.8, 4) is 0 Å². The molecule has 0 unspecified atom stereocenters. The number of hydrogen-bond acceptors (Lipinski definition) is 4. The number of aromatic nitrogens is 2. The monoisotopic (exact) mass is 134 g/mol. The smallest absolute Gasteiger partial charge is 0.265 e. The van der Waals surface area contributed by atoms with Gasteiger partial charge < -0.3 is 0 Å². The van der Waals surface area contributed by atoms with Crippen LogP contribution in [0.25, 0.3) is 0 Å². The lowest BCUT2D eigenvalue weighted by atomic mass is 10.3. The molecular weight excluding hydrogens is 132 g/mol. The van der Waals surface area contributed by atoms with Gasteiger partial charge in [0.2, 0.25) is 0 Å². The quantitative estimate of drug-likeness (QED) is 0.524. The lowest BCUT2D eigenvalue weighted by Gasteiger charge is -1.85. The third-order valence-electron chi connectivity index (χ3n) is 1.19. The third-order valence-corrected chi connectivity index (χ3v) is 1.19. The van der Waals surface area contributed by atoms with Gasteiger partial charge in [0, 0.05) is 0 Å². The minimum absolute atomic E-state index is 0.343. The summed E-state index contributed by atoms with van der Waals surface area (Å²) in [5.41, 5.74) is 0.926. The van der Waals surface area contributed by atoms with Gasteiger partial charge in [-0.25, -0.2) is 0 Å². The van der Waals surface area contributed by atoms with E-state index in [4.69, 9.17) is 0 Å². The molecule has 5 heteroatoms. The van der Waals surface area contributed by atoms with Gasteiger partial charge in [-0.3, -0.25) is 4.79 Å². The minimum atomic E-state index is -0.343. The summed E-state index contributed by atoms with van der Waals surface area (Å²) >= 11 is 0. The molecule has 10 heavy (non-hydrogen) atoms. The Morgan fingerprint density at radius 2 is 1.90 bits per heavy atom. The van der Waals surface area contributed by atoms with Gasteiger partial charge in [0.1, 0.15) is 5.69 Å². The molecule has 1 aliphatic heterocycles. The molecule has 0 fully saturated rings. The molecule has 1 aromatic rings.